The molecule has 14 heavy (non-hydrogen) atoms. The second-order valence-corrected chi connectivity index (χ2v) is 4.53. The molecule has 2 heterocycles. The molecule has 0 bridgehead atoms. The van der Waals surface area contributed by atoms with Crippen LogP contribution < -0.4 is 5.32 Å². The summed E-state index contributed by atoms with van der Waals surface area (Å²) in [5.41, 5.74) is 2.78. The van der Waals surface area contributed by atoms with Gasteiger partial charge in [-0.2, -0.15) is 0 Å². The third kappa shape index (κ3) is 1.36. The van der Waals surface area contributed by atoms with Crippen molar-refractivity contribution in [3.8, 4) is 0 Å². The van der Waals surface area contributed by atoms with Crippen molar-refractivity contribution in [2.75, 3.05) is 6.54 Å². The van der Waals surface area contributed by atoms with Crippen molar-refractivity contribution < 1.29 is 0 Å². The third-order valence-corrected chi connectivity index (χ3v) is 3.32. The van der Waals surface area contributed by atoms with E-state index < -0.39 is 0 Å². The van der Waals surface area contributed by atoms with Crippen molar-refractivity contribution in [1.82, 2.24) is 14.9 Å². The topological polar surface area (TPSA) is 29.9 Å². The van der Waals surface area contributed by atoms with Crippen LogP contribution in [0.5, 0.6) is 0 Å². The number of rotatable bonds is 2. The Labute approximate surface area is 84.5 Å². The maximum Gasteiger partial charge on any atom is 0.106 e. The summed E-state index contributed by atoms with van der Waals surface area (Å²) in [6.07, 6.45) is 4.00. The summed E-state index contributed by atoms with van der Waals surface area (Å²) in [4.78, 5) is 4.63. The summed E-state index contributed by atoms with van der Waals surface area (Å²) in [6, 6.07) is 0. The van der Waals surface area contributed by atoms with E-state index in [1.165, 1.54) is 36.6 Å². The molecule has 1 aliphatic carbocycles. The van der Waals surface area contributed by atoms with Gasteiger partial charge in [0.2, 0.25) is 0 Å². The molecule has 0 aromatic carbocycles. The first-order valence-corrected chi connectivity index (χ1v) is 5.60. The van der Waals surface area contributed by atoms with Gasteiger partial charge in [0.05, 0.1) is 5.69 Å². The van der Waals surface area contributed by atoms with E-state index in [0.717, 1.165) is 25.4 Å². The molecule has 0 unspecified atom stereocenters. The fraction of sp³-hybridized carbons (Fsp3) is 0.727. The number of nitrogens with zero attached hydrogens (tertiary/aromatic N) is 2. The van der Waals surface area contributed by atoms with Crippen molar-refractivity contribution in [2.24, 2.45) is 5.92 Å². The molecule has 1 aromatic rings. The summed E-state index contributed by atoms with van der Waals surface area (Å²) >= 11 is 0. The van der Waals surface area contributed by atoms with E-state index in [-0.39, 0.29) is 0 Å². The highest BCUT2D eigenvalue weighted by molar-refractivity contribution is 5.20. The maximum atomic E-state index is 4.63. The Morgan fingerprint density at radius 3 is 3.14 bits per heavy atom. The molecule has 0 spiro atoms. The minimum atomic E-state index is 0.946. The zero-order chi connectivity index (χ0) is 9.54. The molecule has 3 rings (SSSR count). The van der Waals surface area contributed by atoms with Gasteiger partial charge in [-0.05, 0) is 25.7 Å². The molecule has 0 radical (unpaired) electrons. The Balaban J connectivity index is 1.94. The highest BCUT2D eigenvalue weighted by Gasteiger charge is 2.25. The van der Waals surface area contributed by atoms with Gasteiger partial charge < -0.3 is 9.88 Å². The van der Waals surface area contributed by atoms with Crippen LogP contribution in [0.1, 0.15) is 30.1 Å². The first kappa shape index (κ1) is 8.48. The summed E-state index contributed by atoms with van der Waals surface area (Å²) < 4.78 is 2.45. The van der Waals surface area contributed by atoms with Gasteiger partial charge in [0.15, 0.2) is 0 Å². The van der Waals surface area contributed by atoms with Gasteiger partial charge in [-0.3, -0.25) is 0 Å². The van der Waals surface area contributed by atoms with Crippen molar-refractivity contribution in [1.29, 1.82) is 0 Å². The molecular formula is C11H17N3. The van der Waals surface area contributed by atoms with Gasteiger partial charge in [0.25, 0.3) is 0 Å². The van der Waals surface area contributed by atoms with E-state index in [1.807, 2.05) is 0 Å². The van der Waals surface area contributed by atoms with Crippen LogP contribution in [0, 0.1) is 12.8 Å². The fourth-order valence-electron chi connectivity index (χ4n) is 2.31. The van der Waals surface area contributed by atoms with Gasteiger partial charge in [0, 0.05) is 31.7 Å². The summed E-state index contributed by atoms with van der Waals surface area (Å²) in [7, 11) is 0. The van der Waals surface area contributed by atoms with Crippen molar-refractivity contribution in [2.45, 2.75) is 39.3 Å². The minimum absolute atomic E-state index is 0.946. The van der Waals surface area contributed by atoms with E-state index in [0.29, 0.717) is 0 Å². The number of nitrogens with one attached hydrogen (secondary N) is 1. The molecule has 3 nitrogen and oxygen atoms in total. The van der Waals surface area contributed by atoms with Crippen LogP contribution in [0.4, 0.5) is 0 Å². The SMILES string of the molecule is Cc1nc2c(n1CC1CC1)CCNC2. The first-order valence-electron chi connectivity index (χ1n) is 5.60. The Bertz CT molecular complexity index is 350. The predicted octanol–water partition coefficient (Wildman–Crippen LogP) is 1.25. The normalized spacial score (nSPS) is 20.9. The monoisotopic (exact) mass is 191 g/mol. The minimum Gasteiger partial charge on any atom is -0.332 e. The lowest BCUT2D eigenvalue weighted by Gasteiger charge is -2.15. The largest absolute Gasteiger partial charge is 0.332 e. The molecule has 1 N–H and O–H groups in total. The van der Waals surface area contributed by atoms with Crippen LogP contribution in [-0.2, 0) is 19.5 Å². The quantitative estimate of drug-likeness (QED) is 0.762. The molecule has 0 amide bonds. The van der Waals surface area contributed by atoms with Crippen LogP contribution >= 0.6 is 0 Å². The van der Waals surface area contributed by atoms with E-state index >= 15 is 0 Å². The first-order chi connectivity index (χ1) is 6.84. The molecule has 2 aliphatic rings. The zero-order valence-corrected chi connectivity index (χ0v) is 8.71. The van der Waals surface area contributed by atoms with Gasteiger partial charge in [0.1, 0.15) is 5.82 Å². The van der Waals surface area contributed by atoms with Gasteiger partial charge in [-0.15, -0.1) is 0 Å². The molecule has 1 fully saturated rings. The zero-order valence-electron chi connectivity index (χ0n) is 8.71. The lowest BCUT2D eigenvalue weighted by molar-refractivity contribution is 0.555. The average molecular weight is 191 g/mol. The Hall–Kier alpha value is -0.830. The molecule has 1 saturated carbocycles. The van der Waals surface area contributed by atoms with Gasteiger partial charge >= 0.3 is 0 Å². The lowest BCUT2D eigenvalue weighted by atomic mass is 10.2. The van der Waals surface area contributed by atoms with Crippen molar-refractivity contribution in [3.05, 3.63) is 17.2 Å². The maximum absolute atomic E-state index is 4.63. The van der Waals surface area contributed by atoms with E-state index in [9.17, 15) is 0 Å². The highest BCUT2D eigenvalue weighted by Crippen LogP contribution is 2.32. The molecule has 3 heteroatoms. The van der Waals surface area contributed by atoms with Gasteiger partial charge in [-0.25, -0.2) is 4.98 Å². The van der Waals surface area contributed by atoms with Crippen LogP contribution in [-0.4, -0.2) is 16.1 Å². The van der Waals surface area contributed by atoms with Crippen LogP contribution in [0.15, 0.2) is 0 Å². The molecule has 76 valence electrons. The van der Waals surface area contributed by atoms with Crippen molar-refractivity contribution >= 4 is 0 Å². The standard InChI is InChI=1S/C11H17N3/c1-8-13-10-6-12-5-4-11(10)14(8)7-9-2-3-9/h9,12H,2-7H2,1H3. The smallest absolute Gasteiger partial charge is 0.106 e. The fourth-order valence-corrected chi connectivity index (χ4v) is 2.31. The number of imidazole rings is 1. The molecule has 1 aromatic heterocycles. The van der Waals surface area contributed by atoms with Crippen LogP contribution in [0.2, 0.25) is 0 Å². The number of hydrogen-bond acceptors (Lipinski definition) is 2. The number of fused-ring (bicyclic) bond motifs is 1. The van der Waals surface area contributed by atoms with Crippen LogP contribution in [0.3, 0.4) is 0 Å². The number of aryl methyl sites for hydroxylation is 1. The number of hydrogen-bond donors (Lipinski definition) is 1. The summed E-state index contributed by atoms with van der Waals surface area (Å²) in [5, 5.41) is 3.37. The molecular weight excluding hydrogens is 174 g/mol. The lowest BCUT2D eigenvalue weighted by Crippen LogP contribution is -2.25. The highest BCUT2D eigenvalue weighted by atomic mass is 15.1. The second kappa shape index (κ2) is 3.09. The second-order valence-electron chi connectivity index (χ2n) is 4.53. The Morgan fingerprint density at radius 2 is 2.36 bits per heavy atom. The predicted molar refractivity (Wildman–Crippen MR) is 55.1 cm³/mol. The summed E-state index contributed by atoms with van der Waals surface area (Å²) in [5.74, 6) is 2.16. The molecule has 0 atom stereocenters. The van der Waals surface area contributed by atoms with E-state index in [4.69, 9.17) is 0 Å². The number of aromatic nitrogens is 2. The summed E-state index contributed by atoms with van der Waals surface area (Å²) in [6.45, 7) is 5.44. The Kier molecular flexibility index (Phi) is 1.87. The van der Waals surface area contributed by atoms with E-state index in [2.05, 4.69) is 21.8 Å². The average Bonchev–Trinajstić information content (AvgIpc) is 2.93. The molecule has 1 aliphatic heterocycles. The molecule has 0 saturated heterocycles. The van der Waals surface area contributed by atoms with Crippen molar-refractivity contribution in [3.63, 3.8) is 0 Å². The van der Waals surface area contributed by atoms with Crippen LogP contribution in [0.25, 0.3) is 0 Å². The van der Waals surface area contributed by atoms with Gasteiger partial charge in [-0.1, -0.05) is 0 Å². The Morgan fingerprint density at radius 1 is 1.50 bits per heavy atom. The third-order valence-electron chi connectivity index (χ3n) is 3.32. The van der Waals surface area contributed by atoms with E-state index in [1.54, 1.807) is 0 Å².